The van der Waals surface area contributed by atoms with Gasteiger partial charge in [0.05, 0.1) is 33.7 Å². The van der Waals surface area contributed by atoms with Crippen molar-refractivity contribution >= 4 is 23.4 Å². The second-order valence-corrected chi connectivity index (χ2v) is 7.25. The van der Waals surface area contributed by atoms with E-state index in [9.17, 15) is 14.4 Å². The normalized spacial score (nSPS) is 10.2. The molecule has 0 unspecified atom stereocenters. The van der Waals surface area contributed by atoms with Gasteiger partial charge >= 0.3 is 0 Å². The number of hydrogen-bond donors (Lipinski definition) is 2. The maximum Gasteiger partial charge on any atom is 0.243 e. The Morgan fingerprint density at radius 2 is 1.47 bits per heavy atom. The Balaban J connectivity index is 1.85. The van der Waals surface area contributed by atoms with E-state index in [2.05, 4.69) is 10.6 Å². The Labute approximate surface area is 188 Å². The Hall–Kier alpha value is -3.55. The molecule has 0 aliphatic carbocycles. The van der Waals surface area contributed by atoms with Crippen molar-refractivity contribution in [3.05, 3.63) is 54.1 Å². The van der Waals surface area contributed by atoms with Crippen molar-refractivity contribution in [1.82, 2.24) is 10.2 Å². The number of rotatable bonds is 12. The minimum absolute atomic E-state index is 0.0925. The largest absolute Gasteiger partial charge is 0.497 e. The van der Waals surface area contributed by atoms with Gasteiger partial charge in [0.25, 0.3) is 0 Å². The Bertz CT molecular complexity index is 882. The SMILES string of the molecule is CCCCN(CC(=O)NCC(=O)Nc1ccc(OC)cc1)C(=O)Cc1ccc(OC)cc1. The quantitative estimate of drug-likeness (QED) is 0.528. The van der Waals surface area contributed by atoms with Crippen molar-refractivity contribution in [3.8, 4) is 11.5 Å². The number of methoxy groups -OCH3 is 2. The van der Waals surface area contributed by atoms with Gasteiger partial charge in [-0.25, -0.2) is 0 Å². The van der Waals surface area contributed by atoms with Gasteiger partial charge in [0, 0.05) is 12.2 Å². The van der Waals surface area contributed by atoms with Crippen LogP contribution in [0.2, 0.25) is 0 Å². The van der Waals surface area contributed by atoms with Crippen molar-refractivity contribution in [2.45, 2.75) is 26.2 Å². The van der Waals surface area contributed by atoms with Crippen molar-refractivity contribution < 1.29 is 23.9 Å². The summed E-state index contributed by atoms with van der Waals surface area (Å²) in [5.41, 5.74) is 1.45. The molecule has 0 aliphatic rings. The van der Waals surface area contributed by atoms with Gasteiger partial charge in [-0.15, -0.1) is 0 Å². The van der Waals surface area contributed by atoms with E-state index in [-0.39, 0.29) is 37.2 Å². The third-order valence-corrected chi connectivity index (χ3v) is 4.80. The van der Waals surface area contributed by atoms with Gasteiger partial charge in [0.2, 0.25) is 17.7 Å². The van der Waals surface area contributed by atoms with Crippen LogP contribution in [-0.2, 0) is 20.8 Å². The predicted molar refractivity (Wildman–Crippen MR) is 123 cm³/mol. The molecule has 2 rings (SSSR count). The van der Waals surface area contributed by atoms with E-state index in [0.717, 1.165) is 24.2 Å². The van der Waals surface area contributed by atoms with E-state index in [1.807, 2.05) is 19.1 Å². The van der Waals surface area contributed by atoms with Crippen molar-refractivity contribution in [3.63, 3.8) is 0 Å². The summed E-state index contributed by atoms with van der Waals surface area (Å²) in [6.45, 7) is 2.23. The fourth-order valence-electron chi connectivity index (χ4n) is 2.96. The zero-order valence-corrected chi connectivity index (χ0v) is 18.8. The number of nitrogens with zero attached hydrogens (tertiary/aromatic N) is 1. The molecule has 0 atom stereocenters. The molecule has 2 aromatic carbocycles. The van der Waals surface area contributed by atoms with Crippen LogP contribution in [0, 0.1) is 0 Å². The minimum atomic E-state index is -0.380. The average molecular weight is 442 g/mol. The first-order valence-corrected chi connectivity index (χ1v) is 10.6. The molecule has 0 bridgehead atoms. The average Bonchev–Trinajstić information content (AvgIpc) is 2.81. The molecule has 8 nitrogen and oxygen atoms in total. The molecule has 8 heteroatoms. The van der Waals surface area contributed by atoms with E-state index in [4.69, 9.17) is 9.47 Å². The first-order chi connectivity index (χ1) is 15.4. The molecule has 0 saturated carbocycles. The predicted octanol–water partition coefficient (Wildman–Crippen LogP) is 2.63. The number of carbonyl (C=O) groups is 3. The molecule has 0 radical (unpaired) electrons. The molecule has 2 N–H and O–H groups in total. The molecule has 0 aromatic heterocycles. The Kier molecular flexibility index (Phi) is 10.0. The van der Waals surface area contributed by atoms with E-state index in [0.29, 0.717) is 18.0 Å². The van der Waals surface area contributed by atoms with Crippen LogP contribution < -0.4 is 20.1 Å². The second kappa shape index (κ2) is 13.0. The number of carbonyl (C=O) groups excluding carboxylic acids is 3. The number of amides is 3. The van der Waals surface area contributed by atoms with Gasteiger partial charge in [-0.3, -0.25) is 14.4 Å². The number of anilines is 1. The highest BCUT2D eigenvalue weighted by atomic mass is 16.5. The lowest BCUT2D eigenvalue weighted by molar-refractivity contribution is -0.135. The maximum atomic E-state index is 12.8. The molecule has 172 valence electrons. The van der Waals surface area contributed by atoms with Crippen LogP contribution in [0.5, 0.6) is 11.5 Å². The van der Waals surface area contributed by atoms with Crippen molar-refractivity contribution in [2.24, 2.45) is 0 Å². The van der Waals surface area contributed by atoms with E-state index >= 15 is 0 Å². The third kappa shape index (κ3) is 8.29. The summed E-state index contributed by atoms with van der Waals surface area (Å²) in [6.07, 6.45) is 1.89. The minimum Gasteiger partial charge on any atom is -0.497 e. The zero-order valence-electron chi connectivity index (χ0n) is 18.8. The van der Waals surface area contributed by atoms with Gasteiger partial charge < -0.3 is 25.0 Å². The fraction of sp³-hybridized carbons (Fsp3) is 0.375. The molecule has 0 spiro atoms. The van der Waals surface area contributed by atoms with Gasteiger partial charge in [0.1, 0.15) is 11.5 Å². The van der Waals surface area contributed by atoms with Gasteiger partial charge in [-0.05, 0) is 48.4 Å². The number of hydrogen-bond acceptors (Lipinski definition) is 5. The molecule has 0 saturated heterocycles. The molecule has 0 aliphatic heterocycles. The van der Waals surface area contributed by atoms with E-state index in [1.54, 1.807) is 50.6 Å². The van der Waals surface area contributed by atoms with Gasteiger partial charge in [-0.1, -0.05) is 25.5 Å². The van der Waals surface area contributed by atoms with Crippen LogP contribution in [0.1, 0.15) is 25.3 Å². The number of benzene rings is 2. The standard InChI is InChI=1S/C24H31N3O5/c1-4-5-14-27(24(30)15-18-6-10-20(31-2)11-7-18)17-23(29)25-16-22(28)26-19-8-12-21(32-3)13-9-19/h6-13H,4-5,14-17H2,1-3H3,(H,25,29)(H,26,28). The summed E-state index contributed by atoms with van der Waals surface area (Å²) >= 11 is 0. The first-order valence-electron chi connectivity index (χ1n) is 10.6. The highest BCUT2D eigenvalue weighted by Crippen LogP contribution is 2.15. The van der Waals surface area contributed by atoms with Crippen molar-refractivity contribution in [1.29, 1.82) is 0 Å². The highest BCUT2D eigenvalue weighted by molar-refractivity contribution is 5.95. The summed E-state index contributed by atoms with van der Waals surface area (Å²) in [4.78, 5) is 38.8. The smallest absolute Gasteiger partial charge is 0.243 e. The van der Waals surface area contributed by atoms with Crippen LogP contribution in [0.15, 0.2) is 48.5 Å². The molecule has 0 heterocycles. The number of ether oxygens (including phenoxy) is 2. The summed E-state index contributed by atoms with van der Waals surface area (Å²) < 4.78 is 10.2. The molecular formula is C24H31N3O5. The Morgan fingerprint density at radius 3 is 2.03 bits per heavy atom. The first kappa shape index (κ1) is 24.7. The summed E-state index contributed by atoms with van der Waals surface area (Å²) in [5, 5.41) is 5.28. The second-order valence-electron chi connectivity index (χ2n) is 7.25. The third-order valence-electron chi connectivity index (χ3n) is 4.80. The lowest BCUT2D eigenvalue weighted by atomic mass is 10.1. The molecular weight excluding hydrogens is 410 g/mol. The van der Waals surface area contributed by atoms with Crippen LogP contribution >= 0.6 is 0 Å². The summed E-state index contributed by atoms with van der Waals surface area (Å²) in [7, 11) is 3.15. The van der Waals surface area contributed by atoms with E-state index < -0.39 is 0 Å². The number of unbranched alkanes of at least 4 members (excludes halogenated alkanes) is 1. The fourth-order valence-corrected chi connectivity index (χ4v) is 2.96. The monoisotopic (exact) mass is 441 g/mol. The van der Waals surface area contributed by atoms with E-state index in [1.165, 1.54) is 4.90 Å². The molecule has 2 aromatic rings. The van der Waals surface area contributed by atoms with Gasteiger partial charge in [-0.2, -0.15) is 0 Å². The molecule has 3 amide bonds. The Morgan fingerprint density at radius 1 is 0.875 bits per heavy atom. The molecule has 0 fully saturated rings. The zero-order chi connectivity index (χ0) is 23.3. The van der Waals surface area contributed by atoms with Crippen molar-refractivity contribution in [2.75, 3.05) is 39.2 Å². The maximum absolute atomic E-state index is 12.8. The molecule has 32 heavy (non-hydrogen) atoms. The lowest BCUT2D eigenvalue weighted by Gasteiger charge is -2.22. The van der Waals surface area contributed by atoms with Crippen LogP contribution in [0.4, 0.5) is 5.69 Å². The summed E-state index contributed by atoms with van der Waals surface area (Å²) in [5.74, 6) is 0.530. The number of nitrogens with one attached hydrogen (secondary N) is 2. The topological polar surface area (TPSA) is 97.0 Å². The lowest BCUT2D eigenvalue weighted by Crippen LogP contribution is -2.43. The van der Waals surface area contributed by atoms with Crippen LogP contribution in [0.3, 0.4) is 0 Å². The highest BCUT2D eigenvalue weighted by Gasteiger charge is 2.18. The van der Waals surface area contributed by atoms with Gasteiger partial charge in [0.15, 0.2) is 0 Å². The summed E-state index contributed by atoms with van der Waals surface area (Å²) in [6, 6.07) is 14.1. The van der Waals surface area contributed by atoms with Crippen LogP contribution in [-0.4, -0.2) is 56.5 Å². The van der Waals surface area contributed by atoms with Crippen LogP contribution in [0.25, 0.3) is 0 Å².